The zero-order chi connectivity index (χ0) is 14.8. The summed E-state index contributed by atoms with van der Waals surface area (Å²) in [6.07, 6.45) is 6.34. The second kappa shape index (κ2) is 5.61. The van der Waals surface area contributed by atoms with Crippen molar-refractivity contribution < 1.29 is 4.79 Å². The van der Waals surface area contributed by atoms with E-state index in [1.165, 1.54) is 11.1 Å². The molecule has 1 aliphatic rings. The number of hydrogen-bond donors (Lipinski definition) is 1. The Bertz CT molecular complexity index is 652. The minimum absolute atomic E-state index is 0.221. The van der Waals surface area contributed by atoms with Crippen molar-refractivity contribution >= 4 is 5.91 Å². The molecule has 1 unspecified atom stereocenters. The molecule has 2 aromatic rings. The SMILES string of the molecule is Cc1cnccc1CN1CCC(n2cc(C(N)=O)nn2)C1. The summed E-state index contributed by atoms with van der Waals surface area (Å²) in [4.78, 5) is 17.6. The Morgan fingerprint density at radius 1 is 1.52 bits per heavy atom. The fraction of sp³-hybridized carbons (Fsp3) is 0.429. The van der Waals surface area contributed by atoms with Crippen LogP contribution in [0.5, 0.6) is 0 Å². The van der Waals surface area contributed by atoms with Crippen LogP contribution in [0.15, 0.2) is 24.7 Å². The van der Waals surface area contributed by atoms with Crippen LogP contribution in [0.2, 0.25) is 0 Å². The third kappa shape index (κ3) is 2.92. The Morgan fingerprint density at radius 3 is 3.10 bits per heavy atom. The maximum Gasteiger partial charge on any atom is 0.270 e. The van der Waals surface area contributed by atoms with Gasteiger partial charge in [-0.25, -0.2) is 4.68 Å². The van der Waals surface area contributed by atoms with Gasteiger partial charge in [-0.05, 0) is 30.5 Å². The second-order valence-corrected chi connectivity index (χ2v) is 5.43. The van der Waals surface area contributed by atoms with E-state index in [4.69, 9.17) is 5.73 Å². The molecule has 7 heteroatoms. The van der Waals surface area contributed by atoms with Crippen LogP contribution in [0, 0.1) is 6.92 Å². The van der Waals surface area contributed by atoms with Crippen LogP contribution >= 0.6 is 0 Å². The first-order valence-electron chi connectivity index (χ1n) is 6.97. The Kier molecular flexibility index (Phi) is 3.66. The van der Waals surface area contributed by atoms with Gasteiger partial charge >= 0.3 is 0 Å². The second-order valence-electron chi connectivity index (χ2n) is 5.43. The quantitative estimate of drug-likeness (QED) is 0.885. The van der Waals surface area contributed by atoms with Crippen molar-refractivity contribution in [1.82, 2.24) is 24.9 Å². The lowest BCUT2D eigenvalue weighted by Crippen LogP contribution is -2.22. The molecule has 0 radical (unpaired) electrons. The summed E-state index contributed by atoms with van der Waals surface area (Å²) in [6, 6.07) is 2.30. The maximum absolute atomic E-state index is 11.1. The Hall–Kier alpha value is -2.28. The fourth-order valence-corrected chi connectivity index (χ4v) is 2.66. The molecule has 21 heavy (non-hydrogen) atoms. The summed E-state index contributed by atoms with van der Waals surface area (Å²) in [5.41, 5.74) is 7.92. The summed E-state index contributed by atoms with van der Waals surface area (Å²) >= 11 is 0. The molecule has 1 atom stereocenters. The van der Waals surface area contributed by atoms with Crippen molar-refractivity contribution in [2.75, 3.05) is 13.1 Å². The third-order valence-corrected chi connectivity index (χ3v) is 3.91. The molecule has 2 aromatic heterocycles. The lowest BCUT2D eigenvalue weighted by Gasteiger charge is -2.17. The molecule has 3 rings (SSSR count). The summed E-state index contributed by atoms with van der Waals surface area (Å²) in [5, 5.41) is 7.80. The van der Waals surface area contributed by atoms with Gasteiger partial charge in [0.05, 0.1) is 12.2 Å². The zero-order valence-corrected chi connectivity index (χ0v) is 11.9. The molecule has 1 fully saturated rings. The lowest BCUT2D eigenvalue weighted by molar-refractivity contribution is 0.0995. The number of carbonyl (C=O) groups is 1. The number of rotatable bonds is 4. The van der Waals surface area contributed by atoms with Gasteiger partial charge in [-0.3, -0.25) is 14.7 Å². The topological polar surface area (TPSA) is 89.9 Å². The minimum Gasteiger partial charge on any atom is -0.364 e. The highest BCUT2D eigenvalue weighted by Gasteiger charge is 2.25. The van der Waals surface area contributed by atoms with E-state index in [2.05, 4.69) is 33.2 Å². The van der Waals surface area contributed by atoms with Crippen LogP contribution in [0.25, 0.3) is 0 Å². The van der Waals surface area contributed by atoms with E-state index in [9.17, 15) is 4.79 Å². The summed E-state index contributed by atoms with van der Waals surface area (Å²) in [6.45, 7) is 4.87. The minimum atomic E-state index is -0.538. The molecule has 1 saturated heterocycles. The number of amides is 1. The van der Waals surface area contributed by atoms with Gasteiger partial charge in [0.1, 0.15) is 0 Å². The third-order valence-electron chi connectivity index (χ3n) is 3.91. The molecule has 7 nitrogen and oxygen atoms in total. The van der Waals surface area contributed by atoms with E-state index in [0.29, 0.717) is 0 Å². The number of likely N-dealkylation sites (tertiary alicyclic amines) is 1. The average Bonchev–Trinajstić information content (AvgIpc) is 3.10. The highest BCUT2D eigenvalue weighted by atomic mass is 16.1. The van der Waals surface area contributed by atoms with E-state index in [0.717, 1.165) is 26.1 Å². The van der Waals surface area contributed by atoms with Gasteiger partial charge < -0.3 is 5.73 Å². The first kappa shape index (κ1) is 13.7. The molecule has 3 heterocycles. The van der Waals surface area contributed by atoms with Gasteiger partial charge in [0, 0.05) is 32.0 Å². The van der Waals surface area contributed by atoms with Crippen molar-refractivity contribution in [2.24, 2.45) is 5.73 Å². The Morgan fingerprint density at radius 2 is 2.38 bits per heavy atom. The molecule has 0 bridgehead atoms. The number of nitrogens with zero attached hydrogens (tertiary/aromatic N) is 5. The van der Waals surface area contributed by atoms with Gasteiger partial charge in [0.25, 0.3) is 5.91 Å². The number of primary amides is 1. The van der Waals surface area contributed by atoms with Gasteiger partial charge in [0.2, 0.25) is 0 Å². The number of pyridine rings is 1. The van der Waals surface area contributed by atoms with Crippen LogP contribution in [0.4, 0.5) is 0 Å². The molecule has 0 spiro atoms. The molecule has 0 aromatic carbocycles. The molecule has 1 amide bonds. The number of nitrogens with two attached hydrogens (primary N) is 1. The number of aromatic nitrogens is 4. The standard InChI is InChI=1S/C14H18N6O/c1-10-6-16-4-2-11(10)7-19-5-3-12(8-19)20-9-13(14(15)21)17-18-20/h2,4,6,9,12H,3,5,7-8H2,1H3,(H2,15,21). The van der Waals surface area contributed by atoms with Crippen molar-refractivity contribution in [1.29, 1.82) is 0 Å². The van der Waals surface area contributed by atoms with Crippen LogP contribution in [-0.2, 0) is 6.54 Å². The van der Waals surface area contributed by atoms with Gasteiger partial charge in [-0.15, -0.1) is 5.10 Å². The van der Waals surface area contributed by atoms with Gasteiger partial charge in [-0.2, -0.15) is 0 Å². The highest BCUT2D eigenvalue weighted by Crippen LogP contribution is 2.23. The predicted molar refractivity (Wildman–Crippen MR) is 76.4 cm³/mol. The number of carbonyl (C=O) groups excluding carboxylic acids is 1. The van der Waals surface area contributed by atoms with E-state index in [1.54, 1.807) is 10.9 Å². The highest BCUT2D eigenvalue weighted by molar-refractivity contribution is 5.90. The number of hydrogen-bond acceptors (Lipinski definition) is 5. The molecule has 110 valence electrons. The van der Waals surface area contributed by atoms with Crippen molar-refractivity contribution in [3.8, 4) is 0 Å². The van der Waals surface area contributed by atoms with Crippen molar-refractivity contribution in [3.63, 3.8) is 0 Å². The maximum atomic E-state index is 11.1. The molecular weight excluding hydrogens is 268 g/mol. The summed E-state index contributed by atoms with van der Waals surface area (Å²) in [7, 11) is 0. The first-order chi connectivity index (χ1) is 10.1. The largest absolute Gasteiger partial charge is 0.364 e. The van der Waals surface area contributed by atoms with E-state index in [1.807, 2.05) is 12.4 Å². The predicted octanol–water partition coefficient (Wildman–Crippen LogP) is 0.527. The molecular formula is C14H18N6O. The Labute approximate surface area is 122 Å². The lowest BCUT2D eigenvalue weighted by atomic mass is 10.1. The van der Waals surface area contributed by atoms with Gasteiger partial charge in [-0.1, -0.05) is 5.21 Å². The van der Waals surface area contributed by atoms with E-state index in [-0.39, 0.29) is 11.7 Å². The summed E-state index contributed by atoms with van der Waals surface area (Å²) in [5.74, 6) is -0.538. The average molecular weight is 286 g/mol. The Balaban J connectivity index is 1.65. The van der Waals surface area contributed by atoms with Crippen LogP contribution in [0.1, 0.15) is 34.1 Å². The molecule has 2 N–H and O–H groups in total. The normalized spacial score (nSPS) is 19.0. The molecule has 0 saturated carbocycles. The van der Waals surface area contributed by atoms with Crippen molar-refractivity contribution in [3.05, 3.63) is 41.5 Å². The zero-order valence-electron chi connectivity index (χ0n) is 11.9. The van der Waals surface area contributed by atoms with E-state index < -0.39 is 5.91 Å². The monoisotopic (exact) mass is 286 g/mol. The van der Waals surface area contributed by atoms with Crippen LogP contribution in [0.3, 0.4) is 0 Å². The summed E-state index contributed by atoms with van der Waals surface area (Å²) < 4.78 is 1.75. The van der Waals surface area contributed by atoms with E-state index >= 15 is 0 Å². The van der Waals surface area contributed by atoms with Crippen molar-refractivity contribution in [2.45, 2.75) is 25.9 Å². The fourth-order valence-electron chi connectivity index (χ4n) is 2.66. The van der Waals surface area contributed by atoms with Gasteiger partial charge in [0.15, 0.2) is 5.69 Å². The number of aryl methyl sites for hydroxylation is 1. The molecule has 1 aliphatic heterocycles. The molecule has 0 aliphatic carbocycles. The smallest absolute Gasteiger partial charge is 0.270 e. The van der Waals surface area contributed by atoms with Crippen LogP contribution in [-0.4, -0.2) is 43.9 Å². The van der Waals surface area contributed by atoms with Crippen LogP contribution < -0.4 is 5.73 Å². The first-order valence-corrected chi connectivity index (χ1v) is 6.97.